The topological polar surface area (TPSA) is 59.0 Å². The predicted molar refractivity (Wildman–Crippen MR) is 110 cm³/mol. The molecule has 5 heteroatoms. The summed E-state index contributed by atoms with van der Waals surface area (Å²) >= 11 is 0. The second-order valence-corrected chi connectivity index (χ2v) is 8.74. The third-order valence-corrected chi connectivity index (χ3v) is 6.57. The van der Waals surface area contributed by atoms with Crippen molar-refractivity contribution in [2.75, 3.05) is 6.54 Å². The Kier molecular flexibility index (Phi) is 7.11. The Hall–Kier alpha value is -1.62. The molecule has 1 aliphatic heterocycles. The molecule has 2 aliphatic rings. The largest absolute Gasteiger partial charge is 0.348 e. The maximum absolute atomic E-state index is 12.8. The number of hydrogen-bond donors (Lipinski definition) is 2. The molecular weight excluding hydrogens is 336 g/mol. The van der Waals surface area contributed by atoms with Gasteiger partial charge in [0, 0.05) is 31.0 Å². The van der Waals surface area contributed by atoms with E-state index in [0.717, 1.165) is 12.5 Å². The predicted octanol–water partition coefficient (Wildman–Crippen LogP) is 4.08. The summed E-state index contributed by atoms with van der Waals surface area (Å²) in [5.41, 5.74) is 0.609. The van der Waals surface area contributed by atoms with Gasteiger partial charge in [-0.2, -0.15) is 5.10 Å². The van der Waals surface area contributed by atoms with E-state index < -0.39 is 0 Å². The zero-order valence-electron chi connectivity index (χ0n) is 17.0. The molecular formula is C22H36N4O. The molecule has 1 aliphatic carbocycles. The van der Waals surface area contributed by atoms with Crippen molar-refractivity contribution in [2.45, 2.75) is 77.3 Å². The lowest BCUT2D eigenvalue weighted by Gasteiger charge is -2.43. The van der Waals surface area contributed by atoms with Crippen LogP contribution in [-0.4, -0.2) is 34.3 Å². The summed E-state index contributed by atoms with van der Waals surface area (Å²) in [5, 5.41) is 11.2. The SMILES string of the molecule is C=Cn1cc(C(=O)NC2CNC(C(C)C)CC2C2CCCCCCC2)cn1. The van der Waals surface area contributed by atoms with Crippen LogP contribution in [0.1, 0.15) is 75.6 Å². The van der Waals surface area contributed by atoms with Gasteiger partial charge in [-0.25, -0.2) is 4.68 Å². The van der Waals surface area contributed by atoms with Gasteiger partial charge in [0.25, 0.3) is 5.91 Å². The lowest BCUT2D eigenvalue weighted by molar-refractivity contribution is 0.0834. The molecule has 3 rings (SSSR count). The third-order valence-electron chi connectivity index (χ3n) is 6.57. The van der Waals surface area contributed by atoms with Crippen molar-refractivity contribution in [3.8, 4) is 0 Å². The fourth-order valence-corrected chi connectivity index (χ4v) is 4.88. The fourth-order valence-electron chi connectivity index (χ4n) is 4.88. The first kappa shape index (κ1) is 20.1. The van der Waals surface area contributed by atoms with Crippen LogP contribution in [0.4, 0.5) is 0 Å². The number of hydrogen-bond acceptors (Lipinski definition) is 3. The van der Waals surface area contributed by atoms with E-state index in [2.05, 4.69) is 36.2 Å². The van der Waals surface area contributed by atoms with Gasteiger partial charge in [0.05, 0.1) is 11.8 Å². The van der Waals surface area contributed by atoms with Crippen LogP contribution >= 0.6 is 0 Å². The first-order valence-corrected chi connectivity index (χ1v) is 10.8. The summed E-state index contributed by atoms with van der Waals surface area (Å²) in [6.07, 6.45) is 15.6. The number of nitrogens with one attached hydrogen (secondary N) is 2. The average Bonchev–Trinajstić information content (AvgIpc) is 3.11. The molecule has 0 radical (unpaired) electrons. The van der Waals surface area contributed by atoms with Gasteiger partial charge in [0.15, 0.2) is 0 Å². The zero-order chi connectivity index (χ0) is 19.2. The summed E-state index contributed by atoms with van der Waals surface area (Å²) in [5.74, 6) is 1.90. The van der Waals surface area contributed by atoms with Crippen LogP contribution in [0.15, 0.2) is 19.0 Å². The number of amides is 1. The Morgan fingerprint density at radius 1 is 1.30 bits per heavy atom. The first-order valence-electron chi connectivity index (χ1n) is 10.8. The average molecular weight is 373 g/mol. The Labute approximate surface area is 164 Å². The molecule has 5 nitrogen and oxygen atoms in total. The van der Waals surface area contributed by atoms with Crippen LogP contribution < -0.4 is 10.6 Å². The van der Waals surface area contributed by atoms with E-state index in [1.807, 2.05) is 0 Å². The summed E-state index contributed by atoms with van der Waals surface area (Å²) in [4.78, 5) is 12.8. The van der Waals surface area contributed by atoms with Gasteiger partial charge in [-0.3, -0.25) is 4.79 Å². The molecule has 2 heterocycles. The summed E-state index contributed by atoms with van der Waals surface area (Å²) in [7, 11) is 0. The number of piperidine rings is 1. The van der Waals surface area contributed by atoms with Gasteiger partial charge >= 0.3 is 0 Å². The second-order valence-electron chi connectivity index (χ2n) is 8.74. The van der Waals surface area contributed by atoms with E-state index >= 15 is 0 Å². The van der Waals surface area contributed by atoms with Gasteiger partial charge in [-0.1, -0.05) is 65.4 Å². The highest BCUT2D eigenvalue weighted by Crippen LogP contribution is 2.35. The van der Waals surface area contributed by atoms with Gasteiger partial charge in [0.2, 0.25) is 0 Å². The molecule has 1 aromatic heterocycles. The summed E-state index contributed by atoms with van der Waals surface area (Å²) in [6.45, 7) is 9.16. The van der Waals surface area contributed by atoms with Crippen LogP contribution in [0.3, 0.4) is 0 Å². The van der Waals surface area contributed by atoms with Crippen molar-refractivity contribution in [2.24, 2.45) is 17.8 Å². The van der Waals surface area contributed by atoms with Crippen LogP contribution in [-0.2, 0) is 0 Å². The minimum atomic E-state index is -0.0197. The van der Waals surface area contributed by atoms with Gasteiger partial charge in [0.1, 0.15) is 0 Å². The minimum Gasteiger partial charge on any atom is -0.348 e. The maximum atomic E-state index is 12.8. The maximum Gasteiger partial charge on any atom is 0.254 e. The quantitative estimate of drug-likeness (QED) is 0.819. The van der Waals surface area contributed by atoms with Crippen molar-refractivity contribution in [1.29, 1.82) is 0 Å². The number of carbonyl (C=O) groups excluding carboxylic acids is 1. The zero-order valence-corrected chi connectivity index (χ0v) is 17.0. The monoisotopic (exact) mass is 372 g/mol. The standard InChI is InChI=1S/C22H36N4O/c1-4-26-15-18(13-24-26)22(27)25-21-14-23-20(16(2)3)12-19(21)17-10-8-6-5-7-9-11-17/h4,13,15-17,19-21,23H,1,5-12,14H2,2-3H3,(H,25,27). The number of carbonyl (C=O) groups is 1. The Morgan fingerprint density at radius 2 is 2.00 bits per heavy atom. The van der Waals surface area contributed by atoms with E-state index in [1.165, 1.54) is 51.4 Å². The van der Waals surface area contributed by atoms with E-state index in [4.69, 9.17) is 0 Å². The second kappa shape index (κ2) is 9.54. The van der Waals surface area contributed by atoms with E-state index in [-0.39, 0.29) is 11.9 Å². The smallest absolute Gasteiger partial charge is 0.254 e. The van der Waals surface area contributed by atoms with Crippen molar-refractivity contribution < 1.29 is 4.79 Å². The van der Waals surface area contributed by atoms with Crippen LogP contribution in [0.25, 0.3) is 6.20 Å². The first-order chi connectivity index (χ1) is 13.1. The highest BCUT2D eigenvalue weighted by Gasteiger charge is 2.37. The highest BCUT2D eigenvalue weighted by molar-refractivity contribution is 5.94. The van der Waals surface area contributed by atoms with Gasteiger partial charge in [-0.05, 0) is 24.2 Å². The molecule has 1 aromatic rings. The van der Waals surface area contributed by atoms with Crippen molar-refractivity contribution in [3.05, 3.63) is 24.5 Å². The molecule has 1 saturated carbocycles. The molecule has 0 bridgehead atoms. The van der Waals surface area contributed by atoms with Crippen molar-refractivity contribution in [3.63, 3.8) is 0 Å². The molecule has 150 valence electrons. The molecule has 1 amide bonds. The molecule has 2 N–H and O–H groups in total. The Balaban J connectivity index is 1.71. The minimum absolute atomic E-state index is 0.0197. The van der Waals surface area contributed by atoms with Gasteiger partial charge < -0.3 is 10.6 Å². The van der Waals surface area contributed by atoms with E-state index in [0.29, 0.717) is 23.4 Å². The molecule has 0 spiro atoms. The molecule has 1 saturated heterocycles. The molecule has 27 heavy (non-hydrogen) atoms. The molecule has 0 aromatic carbocycles. The number of aromatic nitrogens is 2. The lowest BCUT2D eigenvalue weighted by Crippen LogP contribution is -2.57. The van der Waals surface area contributed by atoms with Gasteiger partial charge in [-0.15, -0.1) is 0 Å². The van der Waals surface area contributed by atoms with Crippen molar-refractivity contribution in [1.82, 2.24) is 20.4 Å². The summed E-state index contributed by atoms with van der Waals surface area (Å²) < 4.78 is 1.58. The Bertz CT molecular complexity index is 616. The lowest BCUT2D eigenvalue weighted by atomic mass is 9.72. The fraction of sp³-hybridized carbons (Fsp3) is 0.727. The summed E-state index contributed by atoms with van der Waals surface area (Å²) in [6, 6.07) is 0.751. The molecule has 2 fully saturated rings. The third kappa shape index (κ3) is 5.22. The molecule has 3 atom stereocenters. The van der Waals surface area contributed by atoms with Crippen molar-refractivity contribution >= 4 is 12.1 Å². The van der Waals surface area contributed by atoms with Crippen LogP contribution in [0.2, 0.25) is 0 Å². The van der Waals surface area contributed by atoms with Crippen LogP contribution in [0.5, 0.6) is 0 Å². The van der Waals surface area contributed by atoms with Crippen LogP contribution in [0, 0.1) is 17.8 Å². The molecule has 3 unspecified atom stereocenters. The normalized spacial score (nSPS) is 27.7. The van der Waals surface area contributed by atoms with E-state index in [1.54, 1.807) is 23.3 Å². The number of nitrogens with zero attached hydrogens (tertiary/aromatic N) is 2. The number of rotatable bonds is 5. The highest BCUT2D eigenvalue weighted by atomic mass is 16.1. The van der Waals surface area contributed by atoms with E-state index in [9.17, 15) is 4.79 Å². The Morgan fingerprint density at radius 3 is 2.63 bits per heavy atom.